The SMILES string of the molecule is CC[C@@]1(O)CCC[C@@H]2CN(c3nccnc3C)C[C@@H]21. The lowest BCUT2D eigenvalue weighted by Crippen LogP contribution is -2.44. The molecule has 1 aliphatic heterocycles. The molecule has 0 unspecified atom stereocenters. The molecule has 1 N–H and O–H groups in total. The summed E-state index contributed by atoms with van der Waals surface area (Å²) in [5.41, 5.74) is 0.523. The predicted molar refractivity (Wildman–Crippen MR) is 75.1 cm³/mol. The van der Waals surface area contributed by atoms with E-state index in [2.05, 4.69) is 21.8 Å². The van der Waals surface area contributed by atoms with Gasteiger partial charge < -0.3 is 10.0 Å². The molecular formula is C15H23N3O. The first-order valence-electron chi connectivity index (χ1n) is 7.39. The number of aromatic nitrogens is 2. The smallest absolute Gasteiger partial charge is 0.150 e. The second-order valence-electron chi connectivity index (χ2n) is 6.09. The lowest BCUT2D eigenvalue weighted by molar-refractivity contribution is -0.0597. The Bertz CT molecular complexity index is 464. The third-order valence-corrected chi connectivity index (χ3v) is 5.08. The standard InChI is InChI=1S/C15H23N3O/c1-3-15(19)6-4-5-12-9-18(10-13(12)15)14-11(2)16-7-8-17-14/h7-8,12-13,19H,3-6,9-10H2,1-2H3/t12-,13+,15-/m1/s1. The van der Waals surface area contributed by atoms with Gasteiger partial charge in [-0.3, -0.25) is 4.98 Å². The minimum Gasteiger partial charge on any atom is -0.390 e. The molecular weight excluding hydrogens is 238 g/mol. The summed E-state index contributed by atoms with van der Waals surface area (Å²) in [5, 5.41) is 10.8. The molecule has 1 aromatic heterocycles. The number of anilines is 1. The fourth-order valence-electron chi connectivity index (χ4n) is 3.95. The van der Waals surface area contributed by atoms with Crippen LogP contribution in [0.3, 0.4) is 0 Å². The first kappa shape index (κ1) is 12.9. The molecule has 0 aromatic carbocycles. The first-order chi connectivity index (χ1) is 9.14. The van der Waals surface area contributed by atoms with Crippen molar-refractivity contribution >= 4 is 5.82 Å². The maximum absolute atomic E-state index is 10.8. The Hall–Kier alpha value is -1.16. The maximum atomic E-state index is 10.8. The molecule has 3 atom stereocenters. The van der Waals surface area contributed by atoms with Crippen LogP contribution in [0, 0.1) is 18.8 Å². The minimum absolute atomic E-state index is 0.396. The van der Waals surface area contributed by atoms with Crippen LogP contribution in [-0.4, -0.2) is 33.8 Å². The Morgan fingerprint density at radius 3 is 2.89 bits per heavy atom. The second-order valence-corrected chi connectivity index (χ2v) is 6.09. The number of hydrogen-bond acceptors (Lipinski definition) is 4. The highest BCUT2D eigenvalue weighted by Crippen LogP contribution is 2.45. The van der Waals surface area contributed by atoms with Crippen molar-refractivity contribution in [3.05, 3.63) is 18.1 Å². The normalized spacial score (nSPS) is 34.4. The Balaban J connectivity index is 1.84. The van der Waals surface area contributed by atoms with E-state index in [1.807, 2.05) is 6.92 Å². The van der Waals surface area contributed by atoms with Crippen LogP contribution in [0.4, 0.5) is 5.82 Å². The van der Waals surface area contributed by atoms with Crippen molar-refractivity contribution in [2.45, 2.75) is 45.1 Å². The van der Waals surface area contributed by atoms with Crippen LogP contribution < -0.4 is 4.90 Å². The van der Waals surface area contributed by atoms with Gasteiger partial charge in [0.05, 0.1) is 11.3 Å². The average Bonchev–Trinajstić information content (AvgIpc) is 2.85. The summed E-state index contributed by atoms with van der Waals surface area (Å²) in [5.74, 6) is 2.00. The fraction of sp³-hybridized carbons (Fsp3) is 0.733. The molecule has 104 valence electrons. The van der Waals surface area contributed by atoms with Crippen molar-refractivity contribution < 1.29 is 5.11 Å². The number of aliphatic hydroxyl groups is 1. The van der Waals surface area contributed by atoms with Gasteiger partial charge >= 0.3 is 0 Å². The second kappa shape index (κ2) is 4.75. The van der Waals surface area contributed by atoms with Crippen LogP contribution in [0.1, 0.15) is 38.3 Å². The zero-order valence-electron chi connectivity index (χ0n) is 11.8. The van der Waals surface area contributed by atoms with E-state index in [1.54, 1.807) is 12.4 Å². The summed E-state index contributed by atoms with van der Waals surface area (Å²) in [6.07, 6.45) is 7.71. The molecule has 4 heteroatoms. The van der Waals surface area contributed by atoms with Crippen molar-refractivity contribution in [3.8, 4) is 0 Å². The van der Waals surface area contributed by atoms with E-state index in [1.165, 1.54) is 6.42 Å². The van der Waals surface area contributed by atoms with Crippen molar-refractivity contribution in [1.29, 1.82) is 0 Å². The molecule has 1 aromatic rings. The summed E-state index contributed by atoms with van der Waals surface area (Å²) < 4.78 is 0. The van der Waals surface area contributed by atoms with E-state index in [0.29, 0.717) is 11.8 Å². The molecule has 3 rings (SSSR count). The van der Waals surface area contributed by atoms with E-state index in [4.69, 9.17) is 0 Å². The third-order valence-electron chi connectivity index (χ3n) is 5.08. The zero-order chi connectivity index (χ0) is 13.5. The molecule has 0 bridgehead atoms. The molecule has 2 fully saturated rings. The van der Waals surface area contributed by atoms with Crippen molar-refractivity contribution in [1.82, 2.24) is 9.97 Å². The van der Waals surface area contributed by atoms with Gasteiger partial charge in [0.1, 0.15) is 5.82 Å². The third kappa shape index (κ3) is 2.12. The molecule has 4 nitrogen and oxygen atoms in total. The molecule has 1 saturated heterocycles. The molecule has 0 amide bonds. The molecule has 1 saturated carbocycles. The summed E-state index contributed by atoms with van der Waals surface area (Å²) in [7, 11) is 0. The predicted octanol–water partition coefficient (Wildman–Crippen LogP) is 2.16. The Morgan fingerprint density at radius 1 is 1.37 bits per heavy atom. The molecule has 0 spiro atoms. The van der Waals surface area contributed by atoms with Crippen LogP contribution in [0.2, 0.25) is 0 Å². The maximum Gasteiger partial charge on any atom is 0.150 e. The van der Waals surface area contributed by atoms with Crippen LogP contribution >= 0.6 is 0 Å². The largest absolute Gasteiger partial charge is 0.390 e. The number of hydrogen-bond donors (Lipinski definition) is 1. The fourth-order valence-corrected chi connectivity index (χ4v) is 3.95. The zero-order valence-corrected chi connectivity index (χ0v) is 11.8. The van der Waals surface area contributed by atoms with Gasteiger partial charge in [-0.15, -0.1) is 0 Å². The highest BCUT2D eigenvalue weighted by atomic mass is 16.3. The van der Waals surface area contributed by atoms with Crippen molar-refractivity contribution in [2.24, 2.45) is 11.8 Å². The lowest BCUT2D eigenvalue weighted by Gasteiger charge is -2.40. The summed E-state index contributed by atoms with van der Waals surface area (Å²) in [6, 6.07) is 0. The number of rotatable bonds is 2. The number of fused-ring (bicyclic) bond motifs is 1. The van der Waals surface area contributed by atoms with Crippen molar-refractivity contribution in [2.75, 3.05) is 18.0 Å². The van der Waals surface area contributed by atoms with Gasteiger partial charge in [0, 0.05) is 31.4 Å². The molecule has 0 radical (unpaired) electrons. The van der Waals surface area contributed by atoms with E-state index in [9.17, 15) is 5.11 Å². The van der Waals surface area contributed by atoms with Crippen molar-refractivity contribution in [3.63, 3.8) is 0 Å². The van der Waals surface area contributed by atoms with Crippen LogP contribution in [0.25, 0.3) is 0 Å². The summed E-state index contributed by atoms with van der Waals surface area (Å²) in [4.78, 5) is 11.1. The highest BCUT2D eigenvalue weighted by Gasteiger charge is 2.48. The highest BCUT2D eigenvalue weighted by molar-refractivity contribution is 5.44. The lowest BCUT2D eigenvalue weighted by atomic mass is 9.69. The summed E-state index contributed by atoms with van der Waals surface area (Å²) >= 11 is 0. The van der Waals surface area contributed by atoms with E-state index >= 15 is 0 Å². The summed E-state index contributed by atoms with van der Waals surface area (Å²) in [6.45, 7) is 6.07. The van der Waals surface area contributed by atoms with Gasteiger partial charge in [-0.2, -0.15) is 0 Å². The minimum atomic E-state index is -0.465. The van der Waals surface area contributed by atoms with Crippen LogP contribution in [0.5, 0.6) is 0 Å². The number of nitrogens with zero attached hydrogens (tertiary/aromatic N) is 3. The van der Waals surface area contributed by atoms with E-state index in [0.717, 1.165) is 43.9 Å². The number of aryl methyl sites for hydroxylation is 1. The van der Waals surface area contributed by atoms with Gasteiger partial charge in [0.2, 0.25) is 0 Å². The molecule has 2 aliphatic rings. The Labute approximate surface area is 114 Å². The van der Waals surface area contributed by atoms with E-state index in [-0.39, 0.29) is 0 Å². The van der Waals surface area contributed by atoms with Gasteiger partial charge in [-0.25, -0.2) is 4.98 Å². The topological polar surface area (TPSA) is 49.2 Å². The Kier molecular flexibility index (Phi) is 3.21. The molecule has 19 heavy (non-hydrogen) atoms. The molecule has 1 aliphatic carbocycles. The van der Waals surface area contributed by atoms with Gasteiger partial charge in [-0.05, 0) is 32.1 Å². The van der Waals surface area contributed by atoms with Gasteiger partial charge in [0.25, 0.3) is 0 Å². The average molecular weight is 261 g/mol. The van der Waals surface area contributed by atoms with Gasteiger partial charge in [0.15, 0.2) is 0 Å². The van der Waals surface area contributed by atoms with E-state index < -0.39 is 5.60 Å². The monoisotopic (exact) mass is 261 g/mol. The quantitative estimate of drug-likeness (QED) is 0.886. The van der Waals surface area contributed by atoms with Gasteiger partial charge in [-0.1, -0.05) is 13.3 Å². The Morgan fingerprint density at radius 2 is 2.16 bits per heavy atom. The molecule has 2 heterocycles. The van der Waals surface area contributed by atoms with Crippen LogP contribution in [-0.2, 0) is 0 Å². The van der Waals surface area contributed by atoms with Crippen LogP contribution in [0.15, 0.2) is 12.4 Å². The first-order valence-corrected chi connectivity index (χ1v) is 7.39.